The lowest BCUT2D eigenvalue weighted by Crippen LogP contribution is -1.97. The molecule has 2 heterocycles. The van der Waals surface area contributed by atoms with Gasteiger partial charge in [-0.05, 0) is 63.7 Å². The second kappa shape index (κ2) is 10.2. The Balaban J connectivity index is 1.20. The Labute approximate surface area is 259 Å². The quantitative estimate of drug-likeness (QED) is 0.196. The Morgan fingerprint density at radius 3 is 2.04 bits per heavy atom. The zero-order valence-corrected chi connectivity index (χ0v) is 24.2. The van der Waals surface area contributed by atoms with Gasteiger partial charge < -0.3 is 0 Å². The van der Waals surface area contributed by atoms with Crippen LogP contribution in [0.25, 0.3) is 82.9 Å². The van der Waals surface area contributed by atoms with Crippen LogP contribution in [-0.4, -0.2) is 25.0 Å². The molecule has 0 aliphatic carbocycles. The normalized spacial score (nSPS) is 11.6. The van der Waals surface area contributed by atoms with E-state index in [0.717, 1.165) is 71.6 Å². The molecule has 0 aliphatic rings. The average Bonchev–Trinajstić information content (AvgIpc) is 3.56. The van der Waals surface area contributed by atoms with Crippen LogP contribution in [0.5, 0.6) is 0 Å². The number of aromatic nitrogens is 5. The van der Waals surface area contributed by atoms with E-state index in [9.17, 15) is 0 Å². The zero-order chi connectivity index (χ0) is 29.7. The van der Waals surface area contributed by atoms with Gasteiger partial charge in [-0.15, -0.1) is 10.2 Å². The number of hydrogen-bond acceptors (Lipinski definition) is 4. The van der Waals surface area contributed by atoms with Crippen molar-refractivity contribution >= 4 is 43.5 Å². The lowest BCUT2D eigenvalue weighted by atomic mass is 9.98. The minimum Gasteiger partial charge on any atom is -0.228 e. The summed E-state index contributed by atoms with van der Waals surface area (Å²) in [4.78, 5) is 11.9. The van der Waals surface area contributed by atoms with E-state index in [-0.39, 0.29) is 0 Å². The minimum atomic E-state index is 0.698. The second-order valence-electron chi connectivity index (χ2n) is 11.2. The third-order valence-corrected chi connectivity index (χ3v) is 8.44. The van der Waals surface area contributed by atoms with Crippen LogP contribution in [0, 0.1) is 0 Å². The predicted octanol–water partition coefficient (Wildman–Crippen LogP) is 9.67. The molecule has 9 rings (SSSR count). The fourth-order valence-corrected chi connectivity index (χ4v) is 6.24. The van der Waals surface area contributed by atoms with Crippen molar-refractivity contribution in [3.63, 3.8) is 0 Å². The third-order valence-electron chi connectivity index (χ3n) is 8.44. The van der Waals surface area contributed by atoms with Crippen LogP contribution >= 0.6 is 0 Å². The fourth-order valence-electron chi connectivity index (χ4n) is 6.24. The summed E-state index contributed by atoms with van der Waals surface area (Å²) in [5.41, 5.74) is 8.89. The summed E-state index contributed by atoms with van der Waals surface area (Å²) in [6, 6.07) is 52.3. The van der Waals surface area contributed by atoms with Crippen LogP contribution in [-0.2, 0) is 0 Å². The molecule has 0 aliphatic heterocycles. The maximum Gasteiger partial charge on any atom is 0.160 e. The Morgan fingerprint density at radius 2 is 1.16 bits per heavy atom. The summed E-state index contributed by atoms with van der Waals surface area (Å²) in [6.45, 7) is 0. The molecule has 0 spiro atoms. The van der Waals surface area contributed by atoms with Crippen molar-refractivity contribution in [3.05, 3.63) is 152 Å². The molecule has 7 aromatic carbocycles. The highest BCUT2D eigenvalue weighted by atomic mass is 15.5. The second-order valence-corrected chi connectivity index (χ2v) is 11.2. The first-order valence-corrected chi connectivity index (χ1v) is 15.0. The highest BCUT2D eigenvalue weighted by Gasteiger charge is 2.15. The molecule has 9 aromatic rings. The summed E-state index contributed by atoms with van der Waals surface area (Å²) in [6.07, 6.45) is 0. The van der Waals surface area contributed by atoms with Crippen molar-refractivity contribution in [1.82, 2.24) is 25.0 Å². The first-order valence-electron chi connectivity index (χ1n) is 15.0. The molecule has 0 radical (unpaired) electrons. The van der Waals surface area contributed by atoms with E-state index < -0.39 is 0 Å². The molecule has 5 heteroatoms. The van der Waals surface area contributed by atoms with Gasteiger partial charge in [0.1, 0.15) is 11.0 Å². The van der Waals surface area contributed by atoms with E-state index in [1.165, 1.54) is 5.56 Å². The summed E-state index contributed by atoms with van der Waals surface area (Å²) in [7, 11) is 0. The standard InChI is InChI=1S/C40H25N5/c1-3-10-26(11-4-1)28-12-9-13-30(24-28)38-34-16-7-8-17-35(34)41-40(42-38)31-20-22-33-29(25-31)19-18-27-21-23-36-39(37(27)33)44-45(43-36)32-14-5-2-6-15-32/h1-25H. The minimum absolute atomic E-state index is 0.698. The number of nitrogens with zero attached hydrogens (tertiary/aromatic N) is 5. The molecule has 0 bridgehead atoms. The molecule has 0 saturated heterocycles. The van der Waals surface area contributed by atoms with Gasteiger partial charge in [0.25, 0.3) is 0 Å². The predicted molar refractivity (Wildman–Crippen MR) is 183 cm³/mol. The third kappa shape index (κ3) is 4.33. The average molecular weight is 576 g/mol. The number of para-hydroxylation sites is 2. The molecule has 0 N–H and O–H groups in total. The molecule has 210 valence electrons. The van der Waals surface area contributed by atoms with Gasteiger partial charge in [0.2, 0.25) is 0 Å². The summed E-state index contributed by atoms with van der Waals surface area (Å²) in [5.74, 6) is 0.698. The Kier molecular flexibility index (Phi) is 5.74. The molecule has 0 saturated carbocycles. The number of rotatable bonds is 4. The topological polar surface area (TPSA) is 56.5 Å². The van der Waals surface area contributed by atoms with Gasteiger partial charge in [-0.2, -0.15) is 4.80 Å². The number of benzene rings is 7. The van der Waals surface area contributed by atoms with E-state index in [4.69, 9.17) is 20.2 Å². The van der Waals surface area contributed by atoms with Crippen molar-refractivity contribution in [1.29, 1.82) is 0 Å². The molecule has 0 fully saturated rings. The van der Waals surface area contributed by atoms with E-state index >= 15 is 0 Å². The van der Waals surface area contributed by atoms with Crippen molar-refractivity contribution in [3.8, 4) is 39.5 Å². The molecular weight excluding hydrogens is 550 g/mol. The van der Waals surface area contributed by atoms with E-state index in [0.29, 0.717) is 5.82 Å². The van der Waals surface area contributed by atoms with E-state index in [1.54, 1.807) is 4.80 Å². The highest BCUT2D eigenvalue weighted by Crippen LogP contribution is 2.35. The highest BCUT2D eigenvalue weighted by molar-refractivity contribution is 6.18. The summed E-state index contributed by atoms with van der Waals surface area (Å²) < 4.78 is 0. The maximum absolute atomic E-state index is 5.20. The van der Waals surface area contributed by atoms with E-state index in [1.807, 2.05) is 54.6 Å². The van der Waals surface area contributed by atoms with Crippen LogP contribution in [0.3, 0.4) is 0 Å². The number of hydrogen-bond donors (Lipinski definition) is 0. The molecule has 2 aromatic heterocycles. The molecule has 0 amide bonds. The van der Waals surface area contributed by atoms with Gasteiger partial charge in [-0.25, -0.2) is 9.97 Å². The first kappa shape index (κ1) is 25.3. The van der Waals surface area contributed by atoms with Crippen LogP contribution in [0.15, 0.2) is 152 Å². The molecule has 0 atom stereocenters. The lowest BCUT2D eigenvalue weighted by molar-refractivity contribution is 0.766. The van der Waals surface area contributed by atoms with Crippen molar-refractivity contribution in [2.45, 2.75) is 0 Å². The van der Waals surface area contributed by atoms with Gasteiger partial charge >= 0.3 is 0 Å². The van der Waals surface area contributed by atoms with Crippen molar-refractivity contribution < 1.29 is 0 Å². The Hall–Kier alpha value is -6.20. The lowest BCUT2D eigenvalue weighted by Gasteiger charge is -2.12. The van der Waals surface area contributed by atoms with Crippen molar-refractivity contribution in [2.24, 2.45) is 0 Å². The van der Waals surface area contributed by atoms with Crippen LogP contribution in [0.4, 0.5) is 0 Å². The Morgan fingerprint density at radius 1 is 0.422 bits per heavy atom. The van der Waals surface area contributed by atoms with Crippen LogP contribution < -0.4 is 0 Å². The summed E-state index contributed by atoms with van der Waals surface area (Å²) in [5, 5.41) is 15.2. The monoisotopic (exact) mass is 575 g/mol. The smallest absolute Gasteiger partial charge is 0.160 e. The molecule has 45 heavy (non-hydrogen) atoms. The van der Waals surface area contributed by atoms with Gasteiger partial charge in [-0.3, -0.25) is 0 Å². The van der Waals surface area contributed by atoms with E-state index in [2.05, 4.69) is 97.1 Å². The van der Waals surface area contributed by atoms with Gasteiger partial charge in [0.05, 0.1) is 16.9 Å². The number of fused-ring (bicyclic) bond motifs is 6. The fraction of sp³-hybridized carbons (Fsp3) is 0. The molecule has 0 unspecified atom stereocenters. The first-order chi connectivity index (χ1) is 22.3. The van der Waals surface area contributed by atoms with Crippen LogP contribution in [0.1, 0.15) is 0 Å². The van der Waals surface area contributed by atoms with Crippen molar-refractivity contribution in [2.75, 3.05) is 0 Å². The SMILES string of the molecule is c1ccc(-c2cccc(-c3nc(-c4ccc5c(ccc6ccc7nn(-c8ccccc8)nc7c65)c4)nc4ccccc34)c2)cc1. The molecule has 5 nitrogen and oxygen atoms in total. The largest absolute Gasteiger partial charge is 0.228 e. The Bertz CT molecular complexity index is 2540. The van der Waals surface area contributed by atoms with Gasteiger partial charge in [0, 0.05) is 21.9 Å². The van der Waals surface area contributed by atoms with Gasteiger partial charge in [0.15, 0.2) is 5.82 Å². The zero-order valence-electron chi connectivity index (χ0n) is 24.2. The van der Waals surface area contributed by atoms with Crippen LogP contribution in [0.2, 0.25) is 0 Å². The van der Waals surface area contributed by atoms with Gasteiger partial charge in [-0.1, -0.05) is 115 Å². The summed E-state index contributed by atoms with van der Waals surface area (Å²) >= 11 is 0. The maximum atomic E-state index is 5.20. The molecular formula is C40H25N5.